The molecule has 0 aromatic heterocycles. The summed E-state index contributed by atoms with van der Waals surface area (Å²) in [5, 5.41) is 7.05. The fourth-order valence-corrected chi connectivity index (χ4v) is 2.67. The van der Waals surface area contributed by atoms with E-state index in [1.165, 1.54) is 32.2 Å². The zero-order chi connectivity index (χ0) is 12.0. The Balaban J connectivity index is 2.11. The van der Waals surface area contributed by atoms with Gasteiger partial charge >= 0.3 is 0 Å². The van der Waals surface area contributed by atoms with Gasteiger partial charge in [-0.3, -0.25) is 0 Å². The maximum absolute atomic E-state index is 3.60. The molecule has 0 amide bonds. The highest BCUT2D eigenvalue weighted by Crippen LogP contribution is 2.39. The predicted octanol–water partition coefficient (Wildman–Crippen LogP) is 2.79. The van der Waals surface area contributed by atoms with Gasteiger partial charge in [0.25, 0.3) is 0 Å². The van der Waals surface area contributed by atoms with Crippen LogP contribution in [-0.4, -0.2) is 25.7 Å². The van der Waals surface area contributed by atoms with E-state index in [-0.39, 0.29) is 0 Å². The van der Waals surface area contributed by atoms with E-state index in [1.807, 2.05) is 0 Å². The lowest BCUT2D eigenvalue weighted by molar-refractivity contribution is 0.136. The second-order valence-corrected chi connectivity index (χ2v) is 6.24. The molecule has 0 spiro atoms. The maximum Gasteiger partial charge on any atom is 0.00790 e. The van der Waals surface area contributed by atoms with E-state index >= 15 is 0 Å². The zero-order valence-corrected chi connectivity index (χ0v) is 11.6. The highest BCUT2D eigenvalue weighted by molar-refractivity contribution is 4.83. The normalized spacial score (nSPS) is 24.9. The van der Waals surface area contributed by atoms with Crippen LogP contribution in [0.5, 0.6) is 0 Å². The Kier molecular flexibility index (Phi) is 5.77. The monoisotopic (exact) mass is 226 g/mol. The summed E-state index contributed by atoms with van der Waals surface area (Å²) in [6.07, 6.45) is 5.68. The van der Waals surface area contributed by atoms with E-state index in [9.17, 15) is 0 Å². The smallest absolute Gasteiger partial charge is 0.00790 e. The standard InChI is InChI=1S/C14H30N2/c1-12(2)16-10-9-15-11-13-7-5-6-8-14(13,3)4/h12-13,15-16H,5-11H2,1-4H3. The molecule has 2 heteroatoms. The average molecular weight is 226 g/mol. The van der Waals surface area contributed by atoms with E-state index in [2.05, 4.69) is 38.3 Å². The second kappa shape index (κ2) is 6.61. The van der Waals surface area contributed by atoms with Crippen molar-refractivity contribution in [2.24, 2.45) is 11.3 Å². The highest BCUT2D eigenvalue weighted by atomic mass is 15.0. The molecule has 0 aliphatic heterocycles. The highest BCUT2D eigenvalue weighted by Gasteiger charge is 2.31. The minimum absolute atomic E-state index is 0.552. The maximum atomic E-state index is 3.60. The summed E-state index contributed by atoms with van der Waals surface area (Å²) < 4.78 is 0. The molecule has 0 radical (unpaired) electrons. The molecule has 96 valence electrons. The quantitative estimate of drug-likeness (QED) is 0.681. The fourth-order valence-electron chi connectivity index (χ4n) is 2.67. The Morgan fingerprint density at radius 2 is 1.94 bits per heavy atom. The van der Waals surface area contributed by atoms with Gasteiger partial charge in [0.1, 0.15) is 0 Å². The van der Waals surface area contributed by atoms with E-state index in [0.29, 0.717) is 11.5 Å². The lowest BCUT2D eigenvalue weighted by Gasteiger charge is -2.38. The van der Waals surface area contributed by atoms with Gasteiger partial charge < -0.3 is 10.6 Å². The second-order valence-electron chi connectivity index (χ2n) is 6.24. The molecule has 1 unspecified atom stereocenters. The summed E-state index contributed by atoms with van der Waals surface area (Å²) in [6, 6.07) is 0.605. The van der Waals surface area contributed by atoms with Crippen molar-refractivity contribution in [2.45, 2.75) is 59.4 Å². The summed E-state index contributed by atoms with van der Waals surface area (Å²) in [5.74, 6) is 0.875. The molecular weight excluding hydrogens is 196 g/mol. The van der Waals surface area contributed by atoms with Gasteiger partial charge in [-0.1, -0.05) is 40.5 Å². The molecule has 0 heterocycles. The molecule has 1 saturated carbocycles. The van der Waals surface area contributed by atoms with E-state index in [1.54, 1.807) is 0 Å². The Labute approximate surface area is 102 Å². The summed E-state index contributed by atoms with van der Waals surface area (Å²) >= 11 is 0. The molecule has 1 aliphatic carbocycles. The largest absolute Gasteiger partial charge is 0.315 e. The lowest BCUT2D eigenvalue weighted by atomic mass is 9.69. The first-order chi connectivity index (χ1) is 7.52. The van der Waals surface area contributed by atoms with Gasteiger partial charge in [-0.25, -0.2) is 0 Å². The molecule has 1 atom stereocenters. The molecular formula is C14H30N2. The molecule has 1 fully saturated rings. The van der Waals surface area contributed by atoms with Crippen molar-refractivity contribution in [3.63, 3.8) is 0 Å². The van der Waals surface area contributed by atoms with Gasteiger partial charge in [0.05, 0.1) is 0 Å². The molecule has 0 bridgehead atoms. The van der Waals surface area contributed by atoms with Gasteiger partial charge in [-0.2, -0.15) is 0 Å². The van der Waals surface area contributed by atoms with Crippen LogP contribution in [0.25, 0.3) is 0 Å². The number of nitrogens with one attached hydrogen (secondary N) is 2. The molecule has 0 saturated heterocycles. The van der Waals surface area contributed by atoms with E-state index in [0.717, 1.165) is 19.0 Å². The van der Waals surface area contributed by atoms with Crippen LogP contribution in [0.15, 0.2) is 0 Å². The van der Waals surface area contributed by atoms with Crippen LogP contribution < -0.4 is 10.6 Å². The van der Waals surface area contributed by atoms with Crippen LogP contribution in [0.2, 0.25) is 0 Å². The van der Waals surface area contributed by atoms with Crippen LogP contribution in [-0.2, 0) is 0 Å². The molecule has 2 nitrogen and oxygen atoms in total. The van der Waals surface area contributed by atoms with Crippen molar-refractivity contribution < 1.29 is 0 Å². The van der Waals surface area contributed by atoms with Crippen LogP contribution in [0.1, 0.15) is 53.4 Å². The van der Waals surface area contributed by atoms with Crippen molar-refractivity contribution in [1.29, 1.82) is 0 Å². The van der Waals surface area contributed by atoms with Crippen molar-refractivity contribution in [2.75, 3.05) is 19.6 Å². The Morgan fingerprint density at radius 3 is 2.56 bits per heavy atom. The van der Waals surface area contributed by atoms with Gasteiger partial charge in [-0.05, 0) is 30.7 Å². The summed E-state index contributed by atoms with van der Waals surface area (Å²) in [5.41, 5.74) is 0.552. The SMILES string of the molecule is CC(C)NCCNCC1CCCCC1(C)C. The Bertz CT molecular complexity index is 187. The van der Waals surface area contributed by atoms with Crippen molar-refractivity contribution in [1.82, 2.24) is 10.6 Å². The van der Waals surface area contributed by atoms with Crippen molar-refractivity contribution in [3.8, 4) is 0 Å². The molecule has 0 aromatic rings. The minimum atomic E-state index is 0.552. The van der Waals surface area contributed by atoms with Crippen molar-refractivity contribution >= 4 is 0 Å². The summed E-state index contributed by atoms with van der Waals surface area (Å²) in [7, 11) is 0. The summed E-state index contributed by atoms with van der Waals surface area (Å²) in [4.78, 5) is 0. The van der Waals surface area contributed by atoms with Crippen LogP contribution in [0.4, 0.5) is 0 Å². The topological polar surface area (TPSA) is 24.1 Å². The first-order valence-corrected chi connectivity index (χ1v) is 6.96. The van der Waals surface area contributed by atoms with Crippen LogP contribution >= 0.6 is 0 Å². The fraction of sp³-hybridized carbons (Fsp3) is 1.00. The first-order valence-electron chi connectivity index (χ1n) is 6.96. The van der Waals surface area contributed by atoms with E-state index in [4.69, 9.17) is 0 Å². The number of hydrogen-bond acceptors (Lipinski definition) is 2. The number of hydrogen-bond donors (Lipinski definition) is 2. The third-order valence-corrected chi connectivity index (χ3v) is 3.97. The molecule has 16 heavy (non-hydrogen) atoms. The van der Waals surface area contributed by atoms with E-state index < -0.39 is 0 Å². The molecule has 0 aromatic carbocycles. The van der Waals surface area contributed by atoms with Crippen LogP contribution in [0.3, 0.4) is 0 Å². The average Bonchev–Trinajstić information content (AvgIpc) is 2.19. The van der Waals surface area contributed by atoms with Gasteiger partial charge in [-0.15, -0.1) is 0 Å². The van der Waals surface area contributed by atoms with Crippen molar-refractivity contribution in [3.05, 3.63) is 0 Å². The van der Waals surface area contributed by atoms with Gasteiger partial charge in [0.2, 0.25) is 0 Å². The molecule has 1 aliphatic rings. The lowest BCUT2D eigenvalue weighted by Crippen LogP contribution is -2.39. The van der Waals surface area contributed by atoms with Crippen LogP contribution in [0, 0.1) is 11.3 Å². The zero-order valence-electron chi connectivity index (χ0n) is 11.6. The molecule has 2 N–H and O–H groups in total. The third-order valence-electron chi connectivity index (χ3n) is 3.97. The first kappa shape index (κ1) is 14.0. The minimum Gasteiger partial charge on any atom is -0.315 e. The Morgan fingerprint density at radius 1 is 1.19 bits per heavy atom. The molecule has 1 rings (SSSR count). The van der Waals surface area contributed by atoms with Gasteiger partial charge in [0.15, 0.2) is 0 Å². The predicted molar refractivity (Wildman–Crippen MR) is 71.7 cm³/mol. The number of rotatable bonds is 6. The Hall–Kier alpha value is -0.0800. The van der Waals surface area contributed by atoms with Gasteiger partial charge in [0, 0.05) is 19.1 Å². The summed E-state index contributed by atoms with van der Waals surface area (Å²) in [6.45, 7) is 12.7. The third kappa shape index (κ3) is 4.84.